The minimum atomic E-state index is 0.850. The van der Waals surface area contributed by atoms with Crippen LogP contribution in [0.1, 0.15) is 34.8 Å². The molecule has 1 nitrogen and oxygen atoms in total. The number of hydrogen-bond acceptors (Lipinski definition) is 2. The molecule has 1 aromatic heterocycles. The van der Waals surface area contributed by atoms with Crippen LogP contribution in [-0.2, 0) is 13.0 Å². The molecule has 100 valence electrons. The molecular formula is C16H18BrNS. The van der Waals surface area contributed by atoms with E-state index in [4.69, 9.17) is 0 Å². The minimum absolute atomic E-state index is 0.850. The summed E-state index contributed by atoms with van der Waals surface area (Å²) in [5, 5.41) is 3.54. The van der Waals surface area contributed by atoms with Gasteiger partial charge >= 0.3 is 0 Å². The van der Waals surface area contributed by atoms with Gasteiger partial charge in [-0.15, -0.1) is 11.3 Å². The Morgan fingerprint density at radius 2 is 2.11 bits per heavy atom. The SMILES string of the molecule is Brc1ccc(CCNCc2cccc(C3CC3)c2)s1. The first-order chi connectivity index (χ1) is 9.31. The highest BCUT2D eigenvalue weighted by Crippen LogP contribution is 2.40. The second-order valence-corrected chi connectivity index (χ2v) is 7.70. The van der Waals surface area contributed by atoms with Gasteiger partial charge in [-0.2, -0.15) is 0 Å². The Morgan fingerprint density at radius 3 is 2.84 bits per heavy atom. The first kappa shape index (κ1) is 13.3. The van der Waals surface area contributed by atoms with Crippen molar-refractivity contribution >= 4 is 27.3 Å². The third-order valence-corrected chi connectivity index (χ3v) is 5.19. The largest absolute Gasteiger partial charge is 0.312 e. The predicted octanol–water partition coefficient (Wildman–Crippen LogP) is 4.72. The van der Waals surface area contributed by atoms with Gasteiger partial charge in [0.05, 0.1) is 3.79 Å². The zero-order valence-corrected chi connectivity index (χ0v) is 13.3. The van der Waals surface area contributed by atoms with Crippen molar-refractivity contribution in [2.24, 2.45) is 0 Å². The lowest BCUT2D eigenvalue weighted by molar-refractivity contribution is 0.690. The smallest absolute Gasteiger partial charge is 0.0701 e. The Kier molecular flexibility index (Phi) is 4.36. The van der Waals surface area contributed by atoms with Crippen LogP contribution in [0.15, 0.2) is 40.2 Å². The fourth-order valence-electron chi connectivity index (χ4n) is 2.30. The molecule has 1 aliphatic carbocycles. The number of benzene rings is 1. The van der Waals surface area contributed by atoms with Crippen LogP contribution >= 0.6 is 27.3 Å². The zero-order chi connectivity index (χ0) is 13.1. The maximum absolute atomic E-state index is 3.54. The molecule has 1 aliphatic rings. The third-order valence-electron chi connectivity index (χ3n) is 3.51. The van der Waals surface area contributed by atoms with Crippen molar-refractivity contribution in [3.05, 3.63) is 56.2 Å². The van der Waals surface area contributed by atoms with Gasteiger partial charge in [0.2, 0.25) is 0 Å². The molecule has 0 amide bonds. The highest BCUT2D eigenvalue weighted by atomic mass is 79.9. The molecule has 0 aliphatic heterocycles. The van der Waals surface area contributed by atoms with Crippen LogP contribution in [0.2, 0.25) is 0 Å². The van der Waals surface area contributed by atoms with Crippen molar-refractivity contribution in [2.45, 2.75) is 31.7 Å². The molecule has 0 radical (unpaired) electrons. The molecule has 1 aromatic carbocycles. The summed E-state index contributed by atoms with van der Waals surface area (Å²) >= 11 is 5.33. The highest BCUT2D eigenvalue weighted by Gasteiger charge is 2.23. The van der Waals surface area contributed by atoms with E-state index in [1.165, 1.54) is 32.6 Å². The lowest BCUT2D eigenvalue weighted by atomic mass is 10.1. The third kappa shape index (κ3) is 3.91. The molecule has 0 saturated heterocycles. The summed E-state index contributed by atoms with van der Waals surface area (Å²) in [5.74, 6) is 0.850. The summed E-state index contributed by atoms with van der Waals surface area (Å²) in [5.41, 5.74) is 2.94. The van der Waals surface area contributed by atoms with Crippen LogP contribution in [0, 0.1) is 0 Å². The molecule has 0 spiro atoms. The van der Waals surface area contributed by atoms with E-state index >= 15 is 0 Å². The van der Waals surface area contributed by atoms with E-state index in [9.17, 15) is 0 Å². The summed E-state index contributed by atoms with van der Waals surface area (Å²) in [7, 11) is 0. The van der Waals surface area contributed by atoms with Crippen molar-refractivity contribution in [1.82, 2.24) is 5.32 Å². The van der Waals surface area contributed by atoms with E-state index < -0.39 is 0 Å². The summed E-state index contributed by atoms with van der Waals surface area (Å²) in [4.78, 5) is 1.44. The van der Waals surface area contributed by atoms with Gasteiger partial charge < -0.3 is 5.32 Å². The normalized spacial score (nSPS) is 14.8. The maximum Gasteiger partial charge on any atom is 0.0701 e. The minimum Gasteiger partial charge on any atom is -0.312 e. The predicted molar refractivity (Wildman–Crippen MR) is 85.8 cm³/mol. The highest BCUT2D eigenvalue weighted by molar-refractivity contribution is 9.11. The topological polar surface area (TPSA) is 12.0 Å². The molecule has 19 heavy (non-hydrogen) atoms. The van der Waals surface area contributed by atoms with Gasteiger partial charge in [-0.1, -0.05) is 24.3 Å². The van der Waals surface area contributed by atoms with Crippen LogP contribution in [0.3, 0.4) is 0 Å². The molecule has 0 atom stereocenters. The zero-order valence-electron chi connectivity index (χ0n) is 10.9. The standard InChI is InChI=1S/C16H18BrNS/c17-16-7-6-15(19-16)8-9-18-11-12-2-1-3-14(10-12)13-4-5-13/h1-3,6-7,10,13,18H,4-5,8-9,11H2. The summed E-state index contributed by atoms with van der Waals surface area (Å²) in [6, 6.07) is 13.4. The fourth-order valence-corrected chi connectivity index (χ4v) is 3.79. The molecule has 1 fully saturated rings. The number of hydrogen-bond donors (Lipinski definition) is 1. The van der Waals surface area contributed by atoms with Crippen LogP contribution < -0.4 is 5.32 Å². The summed E-state index contributed by atoms with van der Waals surface area (Å²) in [6.07, 6.45) is 3.87. The summed E-state index contributed by atoms with van der Waals surface area (Å²) in [6.45, 7) is 2.02. The Hall–Kier alpha value is -0.640. The summed E-state index contributed by atoms with van der Waals surface area (Å²) < 4.78 is 1.22. The maximum atomic E-state index is 3.54. The average Bonchev–Trinajstić information content (AvgIpc) is 3.19. The van der Waals surface area contributed by atoms with E-state index in [-0.39, 0.29) is 0 Å². The van der Waals surface area contributed by atoms with E-state index in [1.807, 2.05) is 11.3 Å². The molecule has 1 saturated carbocycles. The van der Waals surface area contributed by atoms with Crippen molar-refractivity contribution in [2.75, 3.05) is 6.54 Å². The second-order valence-electron chi connectivity index (χ2n) is 5.15. The van der Waals surface area contributed by atoms with Gasteiger partial charge in [0.15, 0.2) is 0 Å². The van der Waals surface area contributed by atoms with Gasteiger partial charge in [0.1, 0.15) is 0 Å². The van der Waals surface area contributed by atoms with Gasteiger partial charge in [-0.3, -0.25) is 0 Å². The second kappa shape index (κ2) is 6.21. The lowest BCUT2D eigenvalue weighted by Gasteiger charge is -2.06. The monoisotopic (exact) mass is 335 g/mol. The Balaban J connectivity index is 1.45. The quantitative estimate of drug-likeness (QED) is 0.753. The number of nitrogens with one attached hydrogen (secondary N) is 1. The van der Waals surface area contributed by atoms with Crippen LogP contribution in [0.4, 0.5) is 0 Å². The number of thiophene rings is 1. The Labute approximate surface area is 127 Å². The van der Waals surface area contributed by atoms with E-state index in [1.54, 1.807) is 0 Å². The van der Waals surface area contributed by atoms with Crippen molar-refractivity contribution in [3.63, 3.8) is 0 Å². The van der Waals surface area contributed by atoms with Crippen LogP contribution in [-0.4, -0.2) is 6.54 Å². The first-order valence-corrected chi connectivity index (χ1v) is 8.46. The first-order valence-electron chi connectivity index (χ1n) is 6.85. The van der Waals surface area contributed by atoms with Crippen molar-refractivity contribution < 1.29 is 0 Å². The molecule has 1 N–H and O–H groups in total. The molecular weight excluding hydrogens is 318 g/mol. The van der Waals surface area contributed by atoms with E-state index in [2.05, 4.69) is 57.6 Å². The number of rotatable bonds is 6. The van der Waals surface area contributed by atoms with Gasteiger partial charge in [-0.05, 0) is 64.4 Å². The molecule has 1 heterocycles. The fraction of sp³-hybridized carbons (Fsp3) is 0.375. The molecule has 3 rings (SSSR count). The number of halogens is 1. The average molecular weight is 336 g/mol. The molecule has 3 heteroatoms. The van der Waals surface area contributed by atoms with Gasteiger partial charge in [0, 0.05) is 18.0 Å². The molecule has 2 aromatic rings. The van der Waals surface area contributed by atoms with Crippen LogP contribution in [0.5, 0.6) is 0 Å². The molecule has 0 bridgehead atoms. The van der Waals surface area contributed by atoms with Crippen LogP contribution in [0.25, 0.3) is 0 Å². The van der Waals surface area contributed by atoms with Crippen molar-refractivity contribution in [1.29, 1.82) is 0 Å². The van der Waals surface area contributed by atoms with Crippen molar-refractivity contribution in [3.8, 4) is 0 Å². The Bertz CT molecular complexity index is 545. The lowest BCUT2D eigenvalue weighted by Crippen LogP contribution is -2.16. The van der Waals surface area contributed by atoms with E-state index in [0.29, 0.717) is 0 Å². The Morgan fingerprint density at radius 1 is 1.21 bits per heavy atom. The van der Waals surface area contributed by atoms with E-state index in [0.717, 1.165) is 25.4 Å². The van der Waals surface area contributed by atoms with Gasteiger partial charge in [0.25, 0.3) is 0 Å². The van der Waals surface area contributed by atoms with Gasteiger partial charge in [-0.25, -0.2) is 0 Å². The molecule has 0 unspecified atom stereocenters.